The van der Waals surface area contributed by atoms with E-state index in [0.29, 0.717) is 6.04 Å². The Labute approximate surface area is 126 Å². The van der Waals surface area contributed by atoms with Crippen LogP contribution in [0.4, 0.5) is 0 Å². The second-order valence-electron chi connectivity index (χ2n) is 5.69. The van der Waals surface area contributed by atoms with E-state index < -0.39 is 0 Å². The van der Waals surface area contributed by atoms with Crippen LogP contribution >= 0.6 is 0 Å². The molecule has 3 aromatic carbocycles. The van der Waals surface area contributed by atoms with E-state index in [9.17, 15) is 0 Å². The van der Waals surface area contributed by atoms with Crippen LogP contribution in [0.15, 0.2) is 66.7 Å². The van der Waals surface area contributed by atoms with Crippen LogP contribution in [-0.4, -0.2) is 0 Å². The number of aryl methyl sites for hydroxylation is 1. The fourth-order valence-electron chi connectivity index (χ4n) is 2.59. The Morgan fingerprint density at radius 3 is 2.33 bits per heavy atom. The molecule has 3 rings (SSSR count). The lowest BCUT2D eigenvalue weighted by Gasteiger charge is -2.15. The second-order valence-corrected chi connectivity index (χ2v) is 5.69. The van der Waals surface area contributed by atoms with Crippen molar-refractivity contribution in [1.29, 1.82) is 0 Å². The average Bonchev–Trinajstić information content (AvgIpc) is 2.53. The summed E-state index contributed by atoms with van der Waals surface area (Å²) in [6.45, 7) is 5.22. The molecule has 0 fully saturated rings. The van der Waals surface area contributed by atoms with Gasteiger partial charge in [0.25, 0.3) is 0 Å². The van der Waals surface area contributed by atoms with Crippen molar-refractivity contribution in [3.05, 3.63) is 83.4 Å². The van der Waals surface area contributed by atoms with Crippen molar-refractivity contribution >= 4 is 10.8 Å². The first kappa shape index (κ1) is 13.8. The van der Waals surface area contributed by atoms with Crippen molar-refractivity contribution in [1.82, 2.24) is 5.32 Å². The van der Waals surface area contributed by atoms with Crippen molar-refractivity contribution in [3.63, 3.8) is 0 Å². The topological polar surface area (TPSA) is 12.0 Å². The standard InChI is InChI=1S/C20H21N/c1-15-7-10-18(11-8-15)16(2)21-14-17-9-12-19-5-3-4-6-20(19)13-17/h3-13,16,21H,14H2,1-2H3/t16-/m0/s1. The molecule has 0 heterocycles. The van der Waals surface area contributed by atoms with E-state index in [1.54, 1.807) is 0 Å². The fourth-order valence-corrected chi connectivity index (χ4v) is 2.59. The number of rotatable bonds is 4. The summed E-state index contributed by atoms with van der Waals surface area (Å²) >= 11 is 0. The van der Waals surface area contributed by atoms with Gasteiger partial charge in [-0.15, -0.1) is 0 Å². The predicted octanol–water partition coefficient (Wildman–Crippen LogP) is 5.00. The zero-order chi connectivity index (χ0) is 14.7. The van der Waals surface area contributed by atoms with E-state index in [4.69, 9.17) is 0 Å². The number of fused-ring (bicyclic) bond motifs is 1. The van der Waals surface area contributed by atoms with E-state index >= 15 is 0 Å². The molecule has 1 nitrogen and oxygen atoms in total. The van der Waals surface area contributed by atoms with Crippen LogP contribution < -0.4 is 5.32 Å². The lowest BCUT2D eigenvalue weighted by atomic mass is 10.0. The van der Waals surface area contributed by atoms with Crippen LogP contribution in [0, 0.1) is 6.92 Å². The minimum Gasteiger partial charge on any atom is -0.306 e. The first-order valence-corrected chi connectivity index (χ1v) is 7.50. The molecule has 0 unspecified atom stereocenters. The monoisotopic (exact) mass is 275 g/mol. The molecule has 106 valence electrons. The minimum absolute atomic E-state index is 0.358. The van der Waals surface area contributed by atoms with Gasteiger partial charge in [0.2, 0.25) is 0 Å². The van der Waals surface area contributed by atoms with Crippen LogP contribution in [0.25, 0.3) is 10.8 Å². The molecule has 0 aliphatic carbocycles. The molecule has 0 saturated heterocycles. The molecule has 21 heavy (non-hydrogen) atoms. The lowest BCUT2D eigenvalue weighted by molar-refractivity contribution is 0.575. The Morgan fingerprint density at radius 1 is 0.857 bits per heavy atom. The summed E-state index contributed by atoms with van der Waals surface area (Å²) in [5, 5.41) is 6.20. The molecule has 1 heteroatoms. The summed E-state index contributed by atoms with van der Waals surface area (Å²) in [6.07, 6.45) is 0. The van der Waals surface area contributed by atoms with Crippen LogP contribution in [0.1, 0.15) is 29.7 Å². The third-order valence-corrected chi connectivity index (χ3v) is 4.00. The van der Waals surface area contributed by atoms with Gasteiger partial charge in [0.1, 0.15) is 0 Å². The van der Waals surface area contributed by atoms with Crippen LogP contribution in [0.5, 0.6) is 0 Å². The second kappa shape index (κ2) is 6.11. The van der Waals surface area contributed by atoms with Crippen molar-refractivity contribution in [2.45, 2.75) is 26.4 Å². The highest BCUT2D eigenvalue weighted by atomic mass is 14.9. The first-order valence-electron chi connectivity index (χ1n) is 7.50. The Hall–Kier alpha value is -2.12. The van der Waals surface area contributed by atoms with Gasteiger partial charge in [-0.3, -0.25) is 0 Å². The third kappa shape index (κ3) is 3.32. The quantitative estimate of drug-likeness (QED) is 0.706. The lowest BCUT2D eigenvalue weighted by Crippen LogP contribution is -2.17. The molecule has 0 aromatic heterocycles. The molecule has 1 atom stereocenters. The molecule has 0 saturated carbocycles. The van der Waals surface area contributed by atoms with Crippen molar-refractivity contribution in [3.8, 4) is 0 Å². The van der Waals surface area contributed by atoms with Crippen LogP contribution in [0.2, 0.25) is 0 Å². The number of nitrogens with one attached hydrogen (secondary N) is 1. The highest BCUT2D eigenvalue weighted by Gasteiger charge is 2.04. The summed E-state index contributed by atoms with van der Waals surface area (Å²) in [5.41, 5.74) is 3.97. The molecule has 0 bridgehead atoms. The summed E-state index contributed by atoms with van der Waals surface area (Å²) in [6, 6.07) is 24.3. The molecule has 0 aliphatic heterocycles. The SMILES string of the molecule is Cc1ccc([C@H](C)NCc2ccc3ccccc3c2)cc1. The highest BCUT2D eigenvalue weighted by molar-refractivity contribution is 5.82. The summed E-state index contributed by atoms with van der Waals surface area (Å²) in [7, 11) is 0. The Bertz CT molecular complexity index is 728. The Balaban J connectivity index is 1.69. The van der Waals surface area contributed by atoms with E-state index in [0.717, 1.165) is 6.54 Å². The maximum atomic E-state index is 3.60. The van der Waals surface area contributed by atoms with Crippen LogP contribution in [0.3, 0.4) is 0 Å². The first-order chi connectivity index (χ1) is 10.2. The molecule has 0 spiro atoms. The average molecular weight is 275 g/mol. The van der Waals surface area contributed by atoms with Crippen LogP contribution in [-0.2, 0) is 6.54 Å². The number of benzene rings is 3. The normalized spacial score (nSPS) is 12.5. The number of hydrogen-bond donors (Lipinski definition) is 1. The van der Waals surface area contributed by atoms with Crippen molar-refractivity contribution in [2.75, 3.05) is 0 Å². The van der Waals surface area contributed by atoms with Gasteiger partial charge in [-0.2, -0.15) is 0 Å². The van der Waals surface area contributed by atoms with E-state index in [-0.39, 0.29) is 0 Å². The van der Waals surface area contributed by atoms with Gasteiger partial charge in [-0.1, -0.05) is 66.2 Å². The highest BCUT2D eigenvalue weighted by Crippen LogP contribution is 2.17. The summed E-state index contributed by atoms with van der Waals surface area (Å²) in [4.78, 5) is 0. The number of hydrogen-bond acceptors (Lipinski definition) is 1. The fraction of sp³-hybridized carbons (Fsp3) is 0.200. The van der Waals surface area contributed by atoms with Gasteiger partial charge in [0.15, 0.2) is 0 Å². The van der Waals surface area contributed by atoms with Gasteiger partial charge in [0, 0.05) is 12.6 Å². The largest absolute Gasteiger partial charge is 0.306 e. The molecule has 3 aromatic rings. The maximum Gasteiger partial charge on any atom is 0.0294 e. The van der Waals surface area contributed by atoms with Crippen molar-refractivity contribution in [2.24, 2.45) is 0 Å². The minimum atomic E-state index is 0.358. The maximum absolute atomic E-state index is 3.60. The van der Waals surface area contributed by atoms with Crippen molar-refractivity contribution < 1.29 is 0 Å². The molecule has 0 amide bonds. The predicted molar refractivity (Wildman–Crippen MR) is 90.4 cm³/mol. The Morgan fingerprint density at radius 2 is 1.57 bits per heavy atom. The molecular weight excluding hydrogens is 254 g/mol. The summed E-state index contributed by atoms with van der Waals surface area (Å²) in [5.74, 6) is 0. The molecule has 0 aliphatic rings. The summed E-state index contributed by atoms with van der Waals surface area (Å²) < 4.78 is 0. The molecule has 0 radical (unpaired) electrons. The van der Waals surface area contributed by atoms with Gasteiger partial charge >= 0.3 is 0 Å². The van der Waals surface area contributed by atoms with E-state index in [1.165, 1.54) is 27.5 Å². The van der Waals surface area contributed by atoms with Gasteiger partial charge < -0.3 is 5.32 Å². The van der Waals surface area contributed by atoms with E-state index in [1.807, 2.05) is 0 Å². The van der Waals surface area contributed by atoms with E-state index in [2.05, 4.69) is 85.9 Å². The molecular formula is C20H21N. The Kier molecular flexibility index (Phi) is 4.03. The third-order valence-electron chi connectivity index (χ3n) is 4.00. The zero-order valence-corrected chi connectivity index (χ0v) is 12.6. The van der Waals surface area contributed by atoms with Gasteiger partial charge in [0.05, 0.1) is 0 Å². The van der Waals surface area contributed by atoms with Gasteiger partial charge in [-0.25, -0.2) is 0 Å². The van der Waals surface area contributed by atoms with Gasteiger partial charge in [-0.05, 0) is 41.8 Å². The smallest absolute Gasteiger partial charge is 0.0294 e. The zero-order valence-electron chi connectivity index (χ0n) is 12.6. The molecule has 1 N–H and O–H groups in total.